The molecule has 4 rings (SSSR count). The Morgan fingerprint density at radius 3 is 1.79 bits per heavy atom. The molecule has 0 saturated heterocycles. The van der Waals surface area contributed by atoms with Crippen LogP contribution in [0.5, 0.6) is 0 Å². The number of hydrogen-bond donors (Lipinski definition) is 3. The van der Waals surface area contributed by atoms with Crippen LogP contribution in [0.3, 0.4) is 0 Å². The van der Waals surface area contributed by atoms with Gasteiger partial charge >= 0.3 is 12.2 Å². The van der Waals surface area contributed by atoms with Crippen LogP contribution in [0.15, 0.2) is 62.9 Å². The zero-order chi connectivity index (χ0) is 32.4. The smallest absolute Gasteiger partial charge is 0.410 e. The van der Waals surface area contributed by atoms with Crippen LogP contribution in [0.4, 0.5) is 21.0 Å². The quantitative estimate of drug-likeness (QED) is 0.392. The van der Waals surface area contributed by atoms with Crippen molar-refractivity contribution in [2.75, 3.05) is 37.6 Å². The number of nitrogens with two attached hydrogens (primary N) is 2. The maximum absolute atomic E-state index is 12.0. The van der Waals surface area contributed by atoms with Crippen molar-refractivity contribution in [3.8, 4) is 0 Å². The summed E-state index contributed by atoms with van der Waals surface area (Å²) in [4.78, 5) is 51.7. The van der Waals surface area contributed by atoms with E-state index in [9.17, 15) is 19.2 Å². The van der Waals surface area contributed by atoms with E-state index >= 15 is 0 Å². The van der Waals surface area contributed by atoms with E-state index in [4.69, 9.17) is 20.9 Å². The molecule has 43 heavy (non-hydrogen) atoms. The van der Waals surface area contributed by atoms with Crippen LogP contribution < -0.4 is 22.6 Å². The standard InChI is InChI=1S/C15H21N3O3.C10H16BrNO2.C5H6N2O/c1-15(2,3)21-14(20)17-9-6-11(7-10-17)18-8-4-5-12(16)13(18)19;1-10(2,3)14-9(13)12-6-4-8(11)5-7-12;6-4-2-1-3-7-5(4)8/h4-6,8H,7,9-10,16H2,1-3H3;4H,5-7H2,1-3H3;1-3H,6H2,(H,7,8). The largest absolute Gasteiger partial charge is 0.444 e. The monoisotopic (exact) mass is 662 g/mol. The molecule has 0 bridgehead atoms. The summed E-state index contributed by atoms with van der Waals surface area (Å²) in [6.07, 6.45) is 7.97. The first-order valence-corrected chi connectivity index (χ1v) is 14.7. The Balaban J connectivity index is 0.000000251. The van der Waals surface area contributed by atoms with E-state index in [0.717, 1.165) is 23.1 Å². The number of amides is 2. The third-order valence-electron chi connectivity index (χ3n) is 5.78. The lowest BCUT2D eigenvalue weighted by molar-refractivity contribution is 0.0258. The van der Waals surface area contributed by atoms with Gasteiger partial charge in [0.15, 0.2) is 0 Å². The number of nitrogen functional groups attached to an aromatic ring is 2. The number of ether oxygens (including phenoxy) is 2. The Kier molecular flexibility index (Phi) is 12.7. The fraction of sp³-hybridized carbons (Fsp3) is 0.467. The summed E-state index contributed by atoms with van der Waals surface area (Å²) in [7, 11) is 0. The van der Waals surface area contributed by atoms with Crippen molar-refractivity contribution in [2.24, 2.45) is 0 Å². The molecule has 0 saturated carbocycles. The van der Waals surface area contributed by atoms with Gasteiger partial charge in [0.2, 0.25) is 0 Å². The number of carbonyl (C=O) groups is 2. The highest BCUT2D eigenvalue weighted by Gasteiger charge is 2.25. The molecule has 0 fully saturated rings. The second-order valence-corrected chi connectivity index (χ2v) is 12.8. The number of halogens is 1. The first-order chi connectivity index (χ1) is 20.0. The van der Waals surface area contributed by atoms with Crippen LogP contribution >= 0.6 is 15.9 Å². The lowest BCUT2D eigenvalue weighted by Crippen LogP contribution is -2.40. The number of anilines is 2. The van der Waals surface area contributed by atoms with Crippen molar-refractivity contribution in [3.63, 3.8) is 0 Å². The molecule has 0 aliphatic carbocycles. The fourth-order valence-corrected chi connectivity index (χ4v) is 4.00. The van der Waals surface area contributed by atoms with E-state index in [1.165, 1.54) is 4.57 Å². The van der Waals surface area contributed by atoms with E-state index in [-0.39, 0.29) is 34.7 Å². The number of pyridine rings is 2. The van der Waals surface area contributed by atoms with Crippen molar-refractivity contribution in [1.29, 1.82) is 0 Å². The predicted octanol–water partition coefficient (Wildman–Crippen LogP) is 4.78. The van der Waals surface area contributed by atoms with E-state index in [1.807, 2.05) is 53.7 Å². The minimum absolute atomic E-state index is 0.216. The van der Waals surface area contributed by atoms with Crippen molar-refractivity contribution >= 4 is 45.2 Å². The van der Waals surface area contributed by atoms with Crippen molar-refractivity contribution < 1.29 is 19.1 Å². The van der Waals surface area contributed by atoms with Gasteiger partial charge in [0.25, 0.3) is 11.1 Å². The Morgan fingerprint density at radius 1 is 0.837 bits per heavy atom. The van der Waals surface area contributed by atoms with Gasteiger partial charge in [0.05, 0.1) is 11.4 Å². The third kappa shape index (κ3) is 12.4. The van der Waals surface area contributed by atoms with Gasteiger partial charge in [-0.25, -0.2) is 9.59 Å². The number of hydrogen-bond acceptors (Lipinski definition) is 8. The van der Waals surface area contributed by atoms with Gasteiger partial charge in [-0.15, -0.1) is 0 Å². The molecule has 0 aromatic carbocycles. The van der Waals surface area contributed by atoms with Crippen LogP contribution in [0, 0.1) is 0 Å². The van der Waals surface area contributed by atoms with E-state index in [2.05, 4.69) is 20.9 Å². The number of carbonyl (C=O) groups excluding carboxylic acids is 2. The molecule has 2 aliphatic heterocycles. The number of aromatic amines is 1. The maximum Gasteiger partial charge on any atom is 0.410 e. The SMILES string of the molecule is CC(C)(C)OC(=O)N1CC=C(Br)CC1.CC(C)(C)OC(=O)N1CC=C(n2cccc(N)c2=O)CC1.Nc1ccc[nH]c1=O. The van der Waals surface area contributed by atoms with Gasteiger partial charge in [-0.2, -0.15) is 0 Å². The van der Waals surface area contributed by atoms with Gasteiger partial charge in [0, 0.05) is 50.7 Å². The third-order valence-corrected chi connectivity index (χ3v) is 6.50. The fourth-order valence-electron chi connectivity index (χ4n) is 3.68. The Bertz CT molecular complexity index is 1430. The summed E-state index contributed by atoms with van der Waals surface area (Å²) in [5, 5.41) is 0. The molecule has 12 nitrogen and oxygen atoms in total. The van der Waals surface area contributed by atoms with Crippen LogP contribution in [0.1, 0.15) is 54.4 Å². The van der Waals surface area contributed by atoms with Gasteiger partial charge in [-0.1, -0.05) is 22.0 Å². The molecular weight excluding hydrogens is 620 g/mol. The molecule has 2 amide bonds. The molecule has 0 radical (unpaired) electrons. The second kappa shape index (κ2) is 15.5. The average molecular weight is 664 g/mol. The highest BCUT2D eigenvalue weighted by molar-refractivity contribution is 9.11. The number of rotatable bonds is 1. The summed E-state index contributed by atoms with van der Waals surface area (Å²) < 4.78 is 13.3. The number of aromatic nitrogens is 2. The van der Waals surface area contributed by atoms with Crippen LogP contribution in [0.2, 0.25) is 0 Å². The highest BCUT2D eigenvalue weighted by Crippen LogP contribution is 2.19. The summed E-state index contributed by atoms with van der Waals surface area (Å²) in [5.74, 6) is 0. The molecule has 0 spiro atoms. The van der Waals surface area contributed by atoms with E-state index < -0.39 is 11.2 Å². The van der Waals surface area contributed by atoms with E-state index in [0.29, 0.717) is 26.1 Å². The Hall–Kier alpha value is -4.00. The molecule has 4 heterocycles. The molecule has 2 aliphatic rings. The first-order valence-electron chi connectivity index (χ1n) is 13.9. The Morgan fingerprint density at radius 2 is 1.37 bits per heavy atom. The molecule has 0 atom stereocenters. The number of nitrogens with zero attached hydrogens (tertiary/aromatic N) is 3. The van der Waals surface area contributed by atoms with Crippen molar-refractivity contribution in [2.45, 2.75) is 65.6 Å². The van der Waals surface area contributed by atoms with Gasteiger partial charge in [0.1, 0.15) is 11.2 Å². The topological polar surface area (TPSA) is 166 Å². The average Bonchev–Trinajstić information content (AvgIpc) is 2.91. The zero-order valence-corrected chi connectivity index (χ0v) is 27.3. The van der Waals surface area contributed by atoms with Crippen LogP contribution in [-0.4, -0.2) is 68.9 Å². The second-order valence-electron chi connectivity index (χ2n) is 11.8. The molecule has 5 N–H and O–H groups in total. The molecule has 0 unspecified atom stereocenters. The minimum Gasteiger partial charge on any atom is -0.444 e. The molecule has 13 heteroatoms. The Labute approximate surface area is 260 Å². The van der Waals surface area contributed by atoms with Crippen LogP contribution in [0.25, 0.3) is 5.70 Å². The highest BCUT2D eigenvalue weighted by atomic mass is 79.9. The summed E-state index contributed by atoms with van der Waals surface area (Å²) in [6, 6.07) is 6.54. The molecular formula is C30H43BrN6O6. The molecule has 2 aromatic heterocycles. The number of H-pyrrole nitrogens is 1. The van der Waals surface area contributed by atoms with Gasteiger partial charge < -0.3 is 35.7 Å². The summed E-state index contributed by atoms with van der Waals surface area (Å²) in [6.45, 7) is 13.4. The number of nitrogens with one attached hydrogen (secondary N) is 1. The van der Waals surface area contributed by atoms with Crippen molar-refractivity contribution in [3.05, 3.63) is 74.0 Å². The maximum atomic E-state index is 12.0. The van der Waals surface area contributed by atoms with Gasteiger partial charge in [-0.3, -0.25) is 14.2 Å². The summed E-state index contributed by atoms with van der Waals surface area (Å²) >= 11 is 3.41. The van der Waals surface area contributed by atoms with Gasteiger partial charge in [-0.05, 0) is 82.8 Å². The summed E-state index contributed by atoms with van der Waals surface area (Å²) in [5.41, 5.74) is 10.8. The lowest BCUT2D eigenvalue weighted by atomic mass is 10.2. The lowest BCUT2D eigenvalue weighted by Gasteiger charge is -2.29. The van der Waals surface area contributed by atoms with E-state index in [1.54, 1.807) is 46.5 Å². The first kappa shape index (κ1) is 35.2. The van der Waals surface area contributed by atoms with Crippen molar-refractivity contribution in [1.82, 2.24) is 19.4 Å². The molecule has 236 valence electrons. The predicted molar refractivity (Wildman–Crippen MR) is 173 cm³/mol. The zero-order valence-electron chi connectivity index (χ0n) is 25.7. The normalized spacial score (nSPS) is 15.0. The molecule has 2 aromatic rings. The van der Waals surface area contributed by atoms with Crippen LogP contribution in [-0.2, 0) is 9.47 Å². The minimum atomic E-state index is -0.508.